The second-order valence-electron chi connectivity index (χ2n) is 4.01. The molecular formula is C13H18FNO3. The monoisotopic (exact) mass is 255 g/mol. The number of benzene rings is 1. The van der Waals surface area contributed by atoms with Crippen LogP contribution in [-0.4, -0.2) is 23.7 Å². The average molecular weight is 255 g/mol. The molecule has 0 spiro atoms. The molecule has 0 aliphatic carbocycles. The van der Waals surface area contributed by atoms with Crippen molar-refractivity contribution in [2.24, 2.45) is 0 Å². The molecule has 1 aromatic rings. The van der Waals surface area contributed by atoms with Crippen LogP contribution in [0, 0.1) is 5.82 Å². The van der Waals surface area contributed by atoms with Crippen LogP contribution < -0.4 is 10.1 Å². The Balaban J connectivity index is 2.74. The molecule has 1 aromatic carbocycles. The smallest absolute Gasteiger partial charge is 0.260 e. The molecule has 0 saturated carbocycles. The van der Waals surface area contributed by atoms with Crippen molar-refractivity contribution in [3.05, 3.63) is 29.6 Å². The zero-order valence-electron chi connectivity index (χ0n) is 10.7. The van der Waals surface area contributed by atoms with Gasteiger partial charge in [-0.25, -0.2) is 4.39 Å². The van der Waals surface area contributed by atoms with Gasteiger partial charge in [0.05, 0.1) is 6.10 Å². The maximum atomic E-state index is 13.6. The fourth-order valence-corrected chi connectivity index (χ4v) is 1.50. The molecule has 100 valence electrons. The predicted octanol–water partition coefficient (Wildman–Crippen LogP) is 1.78. The number of nitrogens with one attached hydrogen (secondary N) is 1. The Labute approximate surface area is 106 Å². The highest BCUT2D eigenvalue weighted by molar-refractivity contribution is 5.80. The molecular weight excluding hydrogens is 237 g/mol. The zero-order valence-corrected chi connectivity index (χ0v) is 10.7. The van der Waals surface area contributed by atoms with E-state index in [1.807, 2.05) is 6.92 Å². The highest BCUT2D eigenvalue weighted by Crippen LogP contribution is 2.22. The largest absolute Gasteiger partial charge is 0.481 e. The molecule has 1 rings (SSSR count). The molecule has 2 N–H and O–H groups in total. The third-order valence-corrected chi connectivity index (χ3v) is 2.46. The molecule has 0 radical (unpaired) electrons. The van der Waals surface area contributed by atoms with Crippen LogP contribution >= 0.6 is 0 Å². The van der Waals surface area contributed by atoms with E-state index in [1.165, 1.54) is 19.1 Å². The number of aliphatic hydroxyl groups excluding tert-OH is 1. The van der Waals surface area contributed by atoms with Gasteiger partial charge in [-0.05, 0) is 32.9 Å². The minimum Gasteiger partial charge on any atom is -0.481 e. The van der Waals surface area contributed by atoms with Crippen LogP contribution in [0.4, 0.5) is 4.39 Å². The summed E-state index contributed by atoms with van der Waals surface area (Å²) in [6.07, 6.45) is -1.57. The topological polar surface area (TPSA) is 58.6 Å². The van der Waals surface area contributed by atoms with Crippen molar-refractivity contribution in [1.29, 1.82) is 0 Å². The Bertz CT molecular complexity index is 421. The number of aliphatic hydroxyl groups is 1. The van der Waals surface area contributed by atoms with Crippen molar-refractivity contribution < 1.29 is 19.0 Å². The first-order chi connectivity index (χ1) is 8.45. The molecule has 5 heteroatoms. The van der Waals surface area contributed by atoms with E-state index in [0.29, 0.717) is 6.54 Å². The van der Waals surface area contributed by atoms with Gasteiger partial charge in [0.2, 0.25) is 0 Å². The minimum atomic E-state index is -0.875. The van der Waals surface area contributed by atoms with E-state index in [1.54, 1.807) is 6.92 Å². The average Bonchev–Trinajstić information content (AvgIpc) is 2.28. The molecule has 0 fully saturated rings. The molecule has 0 aliphatic rings. The van der Waals surface area contributed by atoms with Gasteiger partial charge in [-0.15, -0.1) is 0 Å². The Morgan fingerprint density at radius 2 is 2.17 bits per heavy atom. The number of hydrogen-bond donors (Lipinski definition) is 2. The van der Waals surface area contributed by atoms with Crippen LogP contribution in [0.15, 0.2) is 18.2 Å². The molecule has 18 heavy (non-hydrogen) atoms. The zero-order chi connectivity index (χ0) is 13.7. The van der Waals surface area contributed by atoms with Crippen LogP contribution in [0.1, 0.15) is 32.4 Å². The first-order valence-electron chi connectivity index (χ1n) is 5.87. The summed E-state index contributed by atoms with van der Waals surface area (Å²) in [6.45, 7) is 5.39. The molecule has 0 aliphatic heterocycles. The van der Waals surface area contributed by atoms with Gasteiger partial charge >= 0.3 is 0 Å². The highest BCUT2D eigenvalue weighted by atomic mass is 19.1. The number of likely N-dealkylation sites (N-methyl/N-ethyl adjacent to an activating group) is 1. The number of ether oxygens (including phenoxy) is 1. The van der Waals surface area contributed by atoms with Crippen LogP contribution in [-0.2, 0) is 4.79 Å². The van der Waals surface area contributed by atoms with Crippen molar-refractivity contribution in [2.45, 2.75) is 33.0 Å². The van der Waals surface area contributed by atoms with Gasteiger partial charge in [0.25, 0.3) is 5.91 Å². The molecule has 1 unspecified atom stereocenters. The fourth-order valence-electron chi connectivity index (χ4n) is 1.50. The first kappa shape index (κ1) is 14.4. The van der Waals surface area contributed by atoms with Gasteiger partial charge in [-0.3, -0.25) is 4.79 Å². The van der Waals surface area contributed by atoms with E-state index in [4.69, 9.17) is 4.74 Å². The van der Waals surface area contributed by atoms with Crippen molar-refractivity contribution in [1.82, 2.24) is 5.32 Å². The lowest BCUT2D eigenvalue weighted by Crippen LogP contribution is -2.36. The Hall–Kier alpha value is -1.62. The number of rotatable bonds is 5. The predicted molar refractivity (Wildman–Crippen MR) is 65.8 cm³/mol. The van der Waals surface area contributed by atoms with E-state index >= 15 is 0 Å². The summed E-state index contributed by atoms with van der Waals surface area (Å²) in [7, 11) is 0. The molecule has 0 heterocycles. The number of halogens is 1. The third kappa shape index (κ3) is 3.70. The second-order valence-corrected chi connectivity index (χ2v) is 4.01. The second kappa shape index (κ2) is 6.35. The minimum absolute atomic E-state index is 0.202. The quantitative estimate of drug-likeness (QED) is 0.843. The van der Waals surface area contributed by atoms with Gasteiger partial charge in [-0.1, -0.05) is 0 Å². The highest BCUT2D eigenvalue weighted by Gasteiger charge is 2.15. The van der Waals surface area contributed by atoms with Gasteiger partial charge in [0, 0.05) is 18.2 Å². The van der Waals surface area contributed by atoms with Crippen LogP contribution in [0.25, 0.3) is 0 Å². The van der Waals surface area contributed by atoms with Crippen LogP contribution in [0.2, 0.25) is 0 Å². The van der Waals surface area contributed by atoms with Crippen LogP contribution in [0.5, 0.6) is 5.75 Å². The lowest BCUT2D eigenvalue weighted by atomic mass is 10.1. The van der Waals surface area contributed by atoms with E-state index in [0.717, 1.165) is 6.07 Å². The maximum Gasteiger partial charge on any atom is 0.260 e. The first-order valence-corrected chi connectivity index (χ1v) is 5.87. The number of carbonyl (C=O) groups excluding carboxylic acids is 1. The lowest BCUT2D eigenvalue weighted by molar-refractivity contribution is -0.127. The molecule has 4 nitrogen and oxygen atoms in total. The normalized spacial score (nSPS) is 13.8. The van der Waals surface area contributed by atoms with Gasteiger partial charge in [0.1, 0.15) is 11.6 Å². The third-order valence-electron chi connectivity index (χ3n) is 2.46. The number of carbonyl (C=O) groups is 1. The van der Waals surface area contributed by atoms with Gasteiger partial charge in [0.15, 0.2) is 6.10 Å². The van der Waals surface area contributed by atoms with E-state index < -0.39 is 18.0 Å². The SMILES string of the molecule is CCNC(=O)C(C)Oc1ccc([C@H](C)O)c(F)c1. The lowest BCUT2D eigenvalue weighted by Gasteiger charge is -2.15. The van der Waals surface area contributed by atoms with Crippen molar-refractivity contribution >= 4 is 5.91 Å². The van der Waals surface area contributed by atoms with E-state index in [-0.39, 0.29) is 17.2 Å². The molecule has 0 saturated heterocycles. The van der Waals surface area contributed by atoms with Gasteiger partial charge in [-0.2, -0.15) is 0 Å². The molecule has 2 atom stereocenters. The summed E-state index contributed by atoms with van der Waals surface area (Å²) in [5.74, 6) is -0.543. The number of hydrogen-bond acceptors (Lipinski definition) is 3. The maximum absolute atomic E-state index is 13.6. The van der Waals surface area contributed by atoms with E-state index in [9.17, 15) is 14.3 Å². The van der Waals surface area contributed by atoms with E-state index in [2.05, 4.69) is 5.32 Å². The Kier molecular flexibility index (Phi) is 5.09. The Morgan fingerprint density at radius 3 is 2.67 bits per heavy atom. The summed E-state index contributed by atoms with van der Waals surface area (Å²) in [6, 6.07) is 4.14. The molecule has 0 aromatic heterocycles. The molecule has 0 bridgehead atoms. The standard InChI is InChI=1S/C13H18FNO3/c1-4-15-13(17)9(3)18-10-5-6-11(8(2)16)12(14)7-10/h5-9,16H,4H2,1-3H3,(H,15,17)/t8-,9?/m0/s1. The summed E-state index contributed by atoms with van der Waals surface area (Å²) in [5.41, 5.74) is 0.202. The summed E-state index contributed by atoms with van der Waals surface area (Å²) >= 11 is 0. The summed E-state index contributed by atoms with van der Waals surface area (Å²) < 4.78 is 18.9. The fraction of sp³-hybridized carbons (Fsp3) is 0.462. The summed E-state index contributed by atoms with van der Waals surface area (Å²) in [4.78, 5) is 11.4. The van der Waals surface area contributed by atoms with Gasteiger partial charge < -0.3 is 15.2 Å². The summed E-state index contributed by atoms with van der Waals surface area (Å²) in [5, 5.41) is 11.9. The van der Waals surface area contributed by atoms with Crippen LogP contribution in [0.3, 0.4) is 0 Å². The van der Waals surface area contributed by atoms with Crippen molar-refractivity contribution in [3.63, 3.8) is 0 Å². The van der Waals surface area contributed by atoms with Crippen molar-refractivity contribution in [3.8, 4) is 5.75 Å². The molecule has 1 amide bonds. The van der Waals surface area contributed by atoms with Crippen molar-refractivity contribution in [2.75, 3.05) is 6.54 Å². The Morgan fingerprint density at radius 1 is 1.50 bits per heavy atom. The number of amides is 1.